The first-order chi connectivity index (χ1) is 14.1. The number of hydrogen-bond donors (Lipinski definition) is 5. The molecule has 0 spiro atoms. The van der Waals surface area contributed by atoms with Crippen molar-refractivity contribution in [2.24, 2.45) is 17.4 Å². The third kappa shape index (κ3) is 7.36. The summed E-state index contributed by atoms with van der Waals surface area (Å²) in [5, 5.41) is 15.7. The van der Waals surface area contributed by atoms with E-state index in [-0.39, 0.29) is 31.2 Å². The lowest BCUT2D eigenvalue weighted by Crippen LogP contribution is -2.57. The van der Waals surface area contributed by atoms with Crippen LogP contribution in [0.25, 0.3) is 0 Å². The molecule has 2 amide bonds. The van der Waals surface area contributed by atoms with Crippen LogP contribution in [0.2, 0.25) is 5.02 Å². The topological polar surface area (TPSA) is 148 Å². The number of carbonyl (C=O) groups is 3. The molecule has 2 unspecified atom stereocenters. The first-order valence-electron chi connectivity index (χ1n) is 10.1. The summed E-state index contributed by atoms with van der Waals surface area (Å²) in [6.07, 6.45) is -0.615. The van der Waals surface area contributed by atoms with Crippen molar-refractivity contribution in [1.29, 1.82) is 0 Å². The van der Waals surface area contributed by atoms with Gasteiger partial charge in [-0.1, -0.05) is 43.6 Å². The largest absolute Gasteiger partial charge is 0.391 e. The van der Waals surface area contributed by atoms with E-state index in [4.69, 9.17) is 23.1 Å². The molecule has 1 aromatic rings. The average Bonchev–Trinajstić information content (AvgIpc) is 2.69. The van der Waals surface area contributed by atoms with Crippen molar-refractivity contribution in [2.45, 2.75) is 57.7 Å². The molecule has 0 fully saturated rings. The van der Waals surface area contributed by atoms with Crippen LogP contribution in [0.5, 0.6) is 0 Å². The average molecular weight is 441 g/mol. The number of nitrogens with two attached hydrogens (primary N) is 2. The smallest absolute Gasteiger partial charge is 0.245 e. The Balaban J connectivity index is 3.03. The Labute approximate surface area is 182 Å². The lowest BCUT2D eigenvalue weighted by molar-refractivity contribution is -0.135. The van der Waals surface area contributed by atoms with E-state index in [1.54, 1.807) is 38.1 Å². The van der Waals surface area contributed by atoms with E-state index in [2.05, 4.69) is 10.6 Å². The molecule has 1 aromatic carbocycles. The summed E-state index contributed by atoms with van der Waals surface area (Å²) in [6.45, 7) is 5.29. The Morgan fingerprint density at radius 3 is 2.10 bits per heavy atom. The zero-order valence-electron chi connectivity index (χ0n) is 17.7. The summed E-state index contributed by atoms with van der Waals surface area (Å²) in [7, 11) is 0. The standard InChI is InChI=1S/C21H33ClN4O4/c1-12(2)19(28)17(9-11-24)25-21(30)18(13(3)27)26-20(29)15(8-10-23)14-6-4-5-7-16(14)22/h4-7,12-13,15,17-18,27H,8-11,23-24H2,1-3H3,(H,25,30)(H,26,29)/t13?,15?,17-,18-/m0/s1. The highest BCUT2D eigenvalue weighted by Crippen LogP contribution is 2.27. The van der Waals surface area contributed by atoms with Gasteiger partial charge in [0.15, 0.2) is 5.78 Å². The van der Waals surface area contributed by atoms with Crippen LogP contribution in [-0.4, -0.2) is 54.0 Å². The van der Waals surface area contributed by atoms with Crippen molar-refractivity contribution in [3.63, 3.8) is 0 Å². The number of amides is 2. The van der Waals surface area contributed by atoms with Crippen LogP contribution in [0.1, 0.15) is 45.1 Å². The second-order valence-electron chi connectivity index (χ2n) is 7.57. The van der Waals surface area contributed by atoms with Crippen molar-refractivity contribution in [3.05, 3.63) is 34.9 Å². The lowest BCUT2D eigenvalue weighted by Gasteiger charge is -2.27. The molecule has 0 saturated carbocycles. The van der Waals surface area contributed by atoms with Crippen molar-refractivity contribution in [3.8, 4) is 0 Å². The van der Waals surface area contributed by atoms with Gasteiger partial charge in [0.1, 0.15) is 6.04 Å². The molecular formula is C21H33ClN4O4. The number of aliphatic hydroxyl groups excluding tert-OH is 1. The van der Waals surface area contributed by atoms with Crippen LogP contribution in [0, 0.1) is 5.92 Å². The molecule has 0 bridgehead atoms. The van der Waals surface area contributed by atoms with E-state index >= 15 is 0 Å². The Bertz CT molecular complexity index is 727. The fourth-order valence-electron chi connectivity index (χ4n) is 3.13. The van der Waals surface area contributed by atoms with Crippen LogP contribution in [0.3, 0.4) is 0 Å². The highest BCUT2D eigenvalue weighted by Gasteiger charge is 2.32. The molecular weight excluding hydrogens is 408 g/mol. The molecule has 0 heterocycles. The van der Waals surface area contributed by atoms with E-state index in [0.717, 1.165) is 0 Å². The highest BCUT2D eigenvalue weighted by molar-refractivity contribution is 6.31. The first kappa shape index (κ1) is 26.0. The molecule has 7 N–H and O–H groups in total. The summed E-state index contributed by atoms with van der Waals surface area (Å²) in [5.41, 5.74) is 11.8. The Hall–Kier alpha value is -2.00. The molecule has 168 valence electrons. The number of rotatable bonds is 12. The Kier molecular flexibility index (Phi) is 11.0. The zero-order chi connectivity index (χ0) is 22.8. The minimum Gasteiger partial charge on any atom is -0.391 e. The predicted octanol–water partition coefficient (Wildman–Crippen LogP) is 0.697. The molecule has 1 rings (SSSR count). The Morgan fingerprint density at radius 2 is 1.60 bits per heavy atom. The number of aliphatic hydroxyl groups is 1. The van der Waals surface area contributed by atoms with E-state index in [1.165, 1.54) is 6.92 Å². The molecule has 4 atom stereocenters. The third-order valence-corrected chi connectivity index (χ3v) is 5.14. The van der Waals surface area contributed by atoms with Crippen LogP contribution in [-0.2, 0) is 14.4 Å². The van der Waals surface area contributed by atoms with Crippen molar-refractivity contribution < 1.29 is 19.5 Å². The second kappa shape index (κ2) is 12.6. The third-order valence-electron chi connectivity index (χ3n) is 4.80. The van der Waals surface area contributed by atoms with Gasteiger partial charge in [0.25, 0.3) is 0 Å². The van der Waals surface area contributed by atoms with Crippen LogP contribution >= 0.6 is 11.6 Å². The molecule has 0 aliphatic rings. The van der Waals surface area contributed by atoms with Gasteiger partial charge in [0, 0.05) is 10.9 Å². The fourth-order valence-corrected chi connectivity index (χ4v) is 3.39. The Morgan fingerprint density at radius 1 is 1.00 bits per heavy atom. The van der Waals surface area contributed by atoms with E-state index < -0.39 is 35.9 Å². The predicted molar refractivity (Wildman–Crippen MR) is 117 cm³/mol. The van der Waals surface area contributed by atoms with Gasteiger partial charge in [-0.15, -0.1) is 0 Å². The number of halogens is 1. The molecule has 0 saturated heterocycles. The minimum atomic E-state index is -1.25. The molecule has 0 aromatic heterocycles. The summed E-state index contributed by atoms with van der Waals surface area (Å²) >= 11 is 6.23. The van der Waals surface area contributed by atoms with E-state index in [1.807, 2.05) is 0 Å². The summed E-state index contributed by atoms with van der Waals surface area (Å²) in [5.74, 6) is -2.29. The molecule has 0 aliphatic carbocycles. The summed E-state index contributed by atoms with van der Waals surface area (Å²) in [4.78, 5) is 38.1. The highest BCUT2D eigenvalue weighted by atomic mass is 35.5. The lowest BCUT2D eigenvalue weighted by atomic mass is 9.94. The maximum atomic E-state index is 13.0. The fraction of sp³-hybridized carbons (Fsp3) is 0.571. The number of nitrogens with one attached hydrogen (secondary N) is 2. The van der Waals surface area contributed by atoms with Crippen molar-refractivity contribution >= 4 is 29.2 Å². The monoisotopic (exact) mass is 440 g/mol. The van der Waals surface area contributed by atoms with E-state index in [0.29, 0.717) is 17.0 Å². The van der Waals surface area contributed by atoms with Gasteiger partial charge in [-0.05, 0) is 44.5 Å². The number of carbonyl (C=O) groups excluding carboxylic acids is 3. The quantitative estimate of drug-likeness (QED) is 0.323. The second-order valence-corrected chi connectivity index (χ2v) is 7.98. The molecule has 9 heteroatoms. The SMILES string of the molecule is CC(C)C(=O)[C@H](CCN)NC(=O)[C@@H](NC(=O)C(CCN)c1ccccc1Cl)C(C)O. The number of ketones is 1. The van der Waals surface area contributed by atoms with Gasteiger partial charge >= 0.3 is 0 Å². The van der Waals surface area contributed by atoms with Gasteiger partial charge in [-0.2, -0.15) is 0 Å². The van der Waals surface area contributed by atoms with Gasteiger partial charge < -0.3 is 27.2 Å². The first-order valence-corrected chi connectivity index (χ1v) is 10.5. The minimum absolute atomic E-state index is 0.165. The number of benzene rings is 1. The number of hydrogen-bond acceptors (Lipinski definition) is 6. The van der Waals surface area contributed by atoms with Crippen molar-refractivity contribution in [1.82, 2.24) is 10.6 Å². The van der Waals surface area contributed by atoms with Gasteiger partial charge in [-0.3, -0.25) is 14.4 Å². The summed E-state index contributed by atoms with van der Waals surface area (Å²) in [6, 6.07) is 4.86. The molecule has 0 aliphatic heterocycles. The maximum absolute atomic E-state index is 13.0. The molecule has 0 radical (unpaired) electrons. The summed E-state index contributed by atoms with van der Waals surface area (Å²) < 4.78 is 0. The van der Waals surface area contributed by atoms with Crippen LogP contribution < -0.4 is 22.1 Å². The molecule has 8 nitrogen and oxygen atoms in total. The molecule has 30 heavy (non-hydrogen) atoms. The number of Topliss-reactive ketones (excluding diaryl/α,β-unsaturated/α-hetero) is 1. The van der Waals surface area contributed by atoms with Crippen LogP contribution in [0.15, 0.2) is 24.3 Å². The maximum Gasteiger partial charge on any atom is 0.245 e. The van der Waals surface area contributed by atoms with Gasteiger partial charge in [0.2, 0.25) is 11.8 Å². The zero-order valence-corrected chi connectivity index (χ0v) is 18.5. The van der Waals surface area contributed by atoms with Gasteiger partial charge in [-0.25, -0.2) is 0 Å². The van der Waals surface area contributed by atoms with Crippen LogP contribution in [0.4, 0.5) is 0 Å². The van der Waals surface area contributed by atoms with Gasteiger partial charge in [0.05, 0.1) is 18.1 Å². The van der Waals surface area contributed by atoms with E-state index in [9.17, 15) is 19.5 Å². The van der Waals surface area contributed by atoms with Crippen molar-refractivity contribution in [2.75, 3.05) is 13.1 Å². The normalized spacial score (nSPS) is 15.2.